The number of carbonyl (C=O) groups excluding carboxylic acids is 1. The van der Waals surface area contributed by atoms with Crippen molar-refractivity contribution in [2.24, 2.45) is 0 Å². The number of carbonyl (C=O) groups is 1. The maximum atomic E-state index is 12.5. The van der Waals surface area contributed by atoms with Crippen LogP contribution in [0.2, 0.25) is 0 Å². The Morgan fingerprint density at radius 1 is 0.769 bits per heavy atom. The molecule has 0 heterocycles. The first-order valence-corrected chi connectivity index (χ1v) is 14.4. The van der Waals surface area contributed by atoms with E-state index in [1.165, 1.54) is 14.7 Å². The van der Waals surface area contributed by atoms with E-state index in [9.17, 15) is 4.79 Å². The van der Waals surface area contributed by atoms with E-state index in [1.54, 1.807) is 0 Å². The van der Waals surface area contributed by atoms with Crippen molar-refractivity contribution in [2.45, 2.75) is 60.8 Å². The van der Waals surface area contributed by atoms with Gasteiger partial charge in [0.05, 0.1) is 17.5 Å². The van der Waals surface area contributed by atoms with Gasteiger partial charge in [-0.2, -0.15) is 0 Å². The second-order valence-electron chi connectivity index (χ2n) is 9.87. The van der Waals surface area contributed by atoms with Gasteiger partial charge in [-0.05, 0) is 81.6 Å². The van der Waals surface area contributed by atoms with Crippen LogP contribution in [-0.2, 0) is 20.4 Å². The number of hydrogen-bond acceptors (Lipinski definition) is 3. The Hall–Kier alpha value is -3.94. The minimum atomic E-state index is -0.856. The van der Waals surface area contributed by atoms with Gasteiger partial charge in [-0.15, -0.1) is 0 Å². The molecular formula is C35H35O3S+. The molecule has 39 heavy (non-hydrogen) atoms. The molecule has 0 amide bonds. The minimum Gasteiger partial charge on any atom is -0.493 e. The maximum absolute atomic E-state index is 12.5. The normalized spacial score (nSPS) is 11.0. The van der Waals surface area contributed by atoms with E-state index in [4.69, 9.17) is 9.47 Å². The number of rotatable bonds is 9. The summed E-state index contributed by atoms with van der Waals surface area (Å²) in [4.78, 5) is 16.3. The van der Waals surface area contributed by atoms with E-state index in [1.807, 2.05) is 44.2 Å². The predicted octanol–water partition coefficient (Wildman–Crippen LogP) is 7.93. The molecule has 0 saturated carbocycles. The highest BCUT2D eigenvalue weighted by atomic mass is 32.2. The fourth-order valence-electron chi connectivity index (χ4n) is 4.27. The van der Waals surface area contributed by atoms with Crippen molar-refractivity contribution in [3.63, 3.8) is 0 Å². The summed E-state index contributed by atoms with van der Waals surface area (Å²) in [6.07, 6.45) is 0.845. The molecule has 0 spiro atoms. The molecule has 4 heteroatoms. The first kappa shape index (κ1) is 28.1. The monoisotopic (exact) mass is 535 g/mol. The van der Waals surface area contributed by atoms with Crippen molar-refractivity contribution in [3.05, 3.63) is 120 Å². The molecule has 0 aromatic heterocycles. The maximum Gasteiger partial charge on any atom is 0.307 e. The quantitative estimate of drug-likeness (QED) is 0.0945. The second kappa shape index (κ2) is 13.2. The fraction of sp³-hybridized carbons (Fsp3) is 0.229. The van der Waals surface area contributed by atoms with E-state index < -0.39 is 5.60 Å². The van der Waals surface area contributed by atoms with Crippen LogP contribution in [0, 0.1) is 25.7 Å². The van der Waals surface area contributed by atoms with Gasteiger partial charge in [-0.25, -0.2) is 0 Å². The van der Waals surface area contributed by atoms with Gasteiger partial charge in [0.1, 0.15) is 5.75 Å². The largest absolute Gasteiger partial charge is 0.493 e. The highest BCUT2D eigenvalue weighted by molar-refractivity contribution is 7.97. The second-order valence-corrected chi connectivity index (χ2v) is 11.9. The molecule has 198 valence electrons. The van der Waals surface area contributed by atoms with Crippen LogP contribution in [-0.4, -0.2) is 18.2 Å². The Kier molecular flexibility index (Phi) is 9.52. The van der Waals surface area contributed by atoms with E-state index in [2.05, 4.69) is 98.5 Å². The van der Waals surface area contributed by atoms with Crippen molar-refractivity contribution >= 4 is 16.9 Å². The molecule has 0 radical (unpaired) electrons. The highest BCUT2D eigenvalue weighted by Gasteiger charge is 2.29. The van der Waals surface area contributed by atoms with Crippen molar-refractivity contribution in [1.29, 1.82) is 0 Å². The summed E-state index contributed by atoms with van der Waals surface area (Å²) < 4.78 is 11.8. The Morgan fingerprint density at radius 3 is 1.82 bits per heavy atom. The molecule has 0 unspecified atom stereocenters. The molecule has 0 atom stereocenters. The zero-order valence-electron chi connectivity index (χ0n) is 23.1. The molecule has 4 rings (SSSR count). The summed E-state index contributed by atoms with van der Waals surface area (Å²) >= 11 is 0. The number of esters is 1. The van der Waals surface area contributed by atoms with Gasteiger partial charge in [0.25, 0.3) is 0 Å². The van der Waals surface area contributed by atoms with Crippen LogP contribution in [0.4, 0.5) is 0 Å². The Morgan fingerprint density at radius 2 is 1.28 bits per heavy atom. The Bertz CT molecular complexity index is 1370. The summed E-state index contributed by atoms with van der Waals surface area (Å²) in [5, 5.41) is 0. The molecule has 0 N–H and O–H groups in total. The highest BCUT2D eigenvalue weighted by Crippen LogP contribution is 2.35. The predicted molar refractivity (Wildman–Crippen MR) is 159 cm³/mol. The van der Waals surface area contributed by atoms with Gasteiger partial charge in [0.15, 0.2) is 20.3 Å². The van der Waals surface area contributed by atoms with Gasteiger partial charge in [0, 0.05) is 24.1 Å². The third kappa shape index (κ3) is 8.02. The van der Waals surface area contributed by atoms with Crippen LogP contribution in [0.5, 0.6) is 5.75 Å². The Balaban J connectivity index is 1.37. The third-order valence-corrected chi connectivity index (χ3v) is 8.24. The lowest BCUT2D eigenvalue weighted by atomic mass is 10.1. The molecule has 4 aromatic rings. The number of aryl methyl sites for hydroxylation is 2. The summed E-state index contributed by atoms with van der Waals surface area (Å²) in [5.74, 6) is 6.73. The van der Waals surface area contributed by atoms with Crippen LogP contribution >= 0.6 is 0 Å². The van der Waals surface area contributed by atoms with Crippen LogP contribution in [0.1, 0.15) is 43.4 Å². The Labute approximate surface area is 235 Å². The van der Waals surface area contributed by atoms with Gasteiger partial charge in [-0.3, -0.25) is 4.79 Å². The van der Waals surface area contributed by atoms with E-state index in [0.29, 0.717) is 13.0 Å². The molecule has 0 fully saturated rings. The van der Waals surface area contributed by atoms with Crippen molar-refractivity contribution in [2.75, 3.05) is 6.61 Å². The molecule has 0 aliphatic heterocycles. The first-order chi connectivity index (χ1) is 18.8. The average Bonchev–Trinajstić information content (AvgIpc) is 2.93. The van der Waals surface area contributed by atoms with E-state index in [0.717, 1.165) is 22.4 Å². The molecule has 4 aromatic carbocycles. The van der Waals surface area contributed by atoms with Crippen LogP contribution in [0.25, 0.3) is 0 Å². The zero-order valence-corrected chi connectivity index (χ0v) is 23.9. The fourth-order valence-corrected chi connectivity index (χ4v) is 6.54. The van der Waals surface area contributed by atoms with Gasteiger partial charge in [0.2, 0.25) is 0 Å². The molecule has 3 nitrogen and oxygen atoms in total. The molecular weight excluding hydrogens is 500 g/mol. The van der Waals surface area contributed by atoms with Gasteiger partial charge < -0.3 is 9.47 Å². The number of hydrogen-bond donors (Lipinski definition) is 0. The molecule has 0 saturated heterocycles. The molecule has 0 bridgehead atoms. The molecule has 0 aliphatic carbocycles. The van der Waals surface area contributed by atoms with E-state index >= 15 is 0 Å². The lowest BCUT2D eigenvalue weighted by Crippen LogP contribution is -2.26. The number of ether oxygens (including phenoxy) is 2. The summed E-state index contributed by atoms with van der Waals surface area (Å²) in [6.45, 7) is 8.24. The summed E-state index contributed by atoms with van der Waals surface area (Å²) in [5.41, 5.74) is 2.22. The van der Waals surface area contributed by atoms with Gasteiger partial charge in [-0.1, -0.05) is 66.4 Å². The minimum absolute atomic E-state index is 0.209. The standard InChI is InChI=1S/C35H35O3S/c1-27-25-32(39(30-17-10-6-11-18-30)31-19-12-7-13-20-31)26-28(2)34(27)37-24-14-21-33(36)38-35(3,4)23-22-29-15-8-5-9-16-29/h5-13,15-20,25-26H,14,21,24H2,1-4H3/q+1. The van der Waals surface area contributed by atoms with Crippen LogP contribution in [0.3, 0.4) is 0 Å². The summed E-state index contributed by atoms with van der Waals surface area (Å²) in [7, 11) is -0.209. The van der Waals surface area contributed by atoms with Crippen LogP contribution < -0.4 is 4.74 Å². The smallest absolute Gasteiger partial charge is 0.307 e. The zero-order chi connectivity index (χ0) is 27.7. The van der Waals surface area contributed by atoms with Gasteiger partial charge >= 0.3 is 5.97 Å². The van der Waals surface area contributed by atoms with E-state index in [-0.39, 0.29) is 23.3 Å². The topological polar surface area (TPSA) is 35.5 Å². The summed E-state index contributed by atoms with van der Waals surface area (Å²) in [6, 6.07) is 35.4. The molecule has 0 aliphatic rings. The number of benzene rings is 4. The van der Waals surface area contributed by atoms with Crippen LogP contribution in [0.15, 0.2) is 118 Å². The average molecular weight is 536 g/mol. The van der Waals surface area contributed by atoms with Crippen molar-refractivity contribution in [1.82, 2.24) is 0 Å². The van der Waals surface area contributed by atoms with Crippen molar-refractivity contribution in [3.8, 4) is 17.6 Å². The SMILES string of the molecule is Cc1cc([S+](c2ccccc2)c2ccccc2)cc(C)c1OCCCC(=O)OC(C)(C)C#Cc1ccccc1. The first-order valence-electron chi connectivity index (χ1n) is 13.2. The van der Waals surface area contributed by atoms with Crippen molar-refractivity contribution < 1.29 is 14.3 Å². The lowest BCUT2D eigenvalue weighted by Gasteiger charge is -2.19. The lowest BCUT2D eigenvalue weighted by molar-refractivity contribution is -0.152. The third-order valence-electron chi connectivity index (χ3n) is 6.05.